The van der Waals surface area contributed by atoms with Crippen LogP contribution in [0.15, 0.2) is 48.6 Å². The van der Waals surface area contributed by atoms with Crippen LogP contribution >= 0.6 is 0 Å². The molecule has 0 rings (SSSR count). The van der Waals surface area contributed by atoms with Crippen molar-refractivity contribution < 1.29 is 24.5 Å². The van der Waals surface area contributed by atoms with E-state index in [4.69, 9.17) is 4.74 Å². The highest BCUT2D eigenvalue weighted by Gasteiger charge is 2.18. The molecule has 0 radical (unpaired) electrons. The minimum Gasteiger partial charge on any atom is -0.466 e. The van der Waals surface area contributed by atoms with Crippen LogP contribution in [0, 0.1) is 0 Å². The molecule has 6 nitrogen and oxygen atoms in total. The van der Waals surface area contributed by atoms with Crippen molar-refractivity contribution in [1.29, 1.82) is 0 Å². The number of unbranched alkanes of at least 4 members (excludes halogenated alkanes) is 45. The molecular formula is C69H129NO5. The van der Waals surface area contributed by atoms with Gasteiger partial charge in [-0.05, 0) is 89.9 Å². The fourth-order valence-corrected chi connectivity index (χ4v) is 10.2. The van der Waals surface area contributed by atoms with Gasteiger partial charge in [0, 0.05) is 12.8 Å². The maximum atomic E-state index is 12.4. The second-order valence-electron chi connectivity index (χ2n) is 22.8. The van der Waals surface area contributed by atoms with Crippen molar-refractivity contribution in [2.75, 3.05) is 13.2 Å². The molecular weight excluding hydrogens is 923 g/mol. The van der Waals surface area contributed by atoms with Gasteiger partial charge in [-0.25, -0.2) is 0 Å². The molecule has 0 heterocycles. The third-order valence-corrected chi connectivity index (χ3v) is 15.3. The second-order valence-corrected chi connectivity index (χ2v) is 22.8. The van der Waals surface area contributed by atoms with Gasteiger partial charge in [0.25, 0.3) is 0 Å². The first-order valence-electron chi connectivity index (χ1n) is 33.4. The molecule has 0 saturated carbocycles. The fourth-order valence-electron chi connectivity index (χ4n) is 10.2. The number of carbonyl (C=O) groups is 2. The summed E-state index contributed by atoms with van der Waals surface area (Å²) in [6.07, 6.45) is 83.3. The Balaban J connectivity index is 3.36. The highest BCUT2D eigenvalue weighted by atomic mass is 16.5. The van der Waals surface area contributed by atoms with E-state index in [1.807, 2.05) is 6.08 Å². The van der Waals surface area contributed by atoms with Gasteiger partial charge in [0.1, 0.15) is 0 Å². The zero-order chi connectivity index (χ0) is 54.3. The van der Waals surface area contributed by atoms with Crippen molar-refractivity contribution >= 4 is 11.9 Å². The Bertz CT molecular complexity index is 1260. The smallest absolute Gasteiger partial charge is 0.305 e. The van der Waals surface area contributed by atoms with Gasteiger partial charge in [-0.1, -0.05) is 300 Å². The summed E-state index contributed by atoms with van der Waals surface area (Å²) in [4.78, 5) is 24.5. The largest absolute Gasteiger partial charge is 0.466 e. The van der Waals surface area contributed by atoms with Crippen LogP contribution in [0.3, 0.4) is 0 Å². The van der Waals surface area contributed by atoms with E-state index in [9.17, 15) is 19.8 Å². The normalized spacial score (nSPS) is 12.9. The van der Waals surface area contributed by atoms with Crippen molar-refractivity contribution in [2.45, 2.75) is 366 Å². The topological polar surface area (TPSA) is 95.9 Å². The van der Waals surface area contributed by atoms with Gasteiger partial charge in [-0.2, -0.15) is 0 Å². The Morgan fingerprint density at radius 1 is 0.373 bits per heavy atom. The lowest BCUT2D eigenvalue weighted by Gasteiger charge is -2.20. The number of aliphatic hydroxyl groups is 2. The zero-order valence-electron chi connectivity index (χ0n) is 50.3. The number of carbonyl (C=O) groups excluding carboxylic acids is 2. The number of hydrogen-bond acceptors (Lipinski definition) is 5. The van der Waals surface area contributed by atoms with Crippen LogP contribution in [-0.2, 0) is 14.3 Å². The monoisotopic (exact) mass is 1050 g/mol. The Morgan fingerprint density at radius 3 is 1.04 bits per heavy atom. The Labute approximate surface area is 467 Å². The van der Waals surface area contributed by atoms with Gasteiger partial charge >= 0.3 is 5.97 Å². The molecule has 0 spiro atoms. The molecule has 0 bridgehead atoms. The van der Waals surface area contributed by atoms with E-state index in [2.05, 4.69) is 55.6 Å². The summed E-state index contributed by atoms with van der Waals surface area (Å²) in [7, 11) is 0. The molecule has 0 aliphatic heterocycles. The third-order valence-electron chi connectivity index (χ3n) is 15.3. The molecule has 0 fully saturated rings. The van der Waals surface area contributed by atoms with E-state index in [1.54, 1.807) is 6.08 Å². The van der Waals surface area contributed by atoms with E-state index >= 15 is 0 Å². The summed E-state index contributed by atoms with van der Waals surface area (Å²) < 4.78 is 5.49. The average molecular weight is 1050 g/mol. The van der Waals surface area contributed by atoms with Crippen LogP contribution in [0.2, 0.25) is 0 Å². The summed E-state index contributed by atoms with van der Waals surface area (Å²) in [6.45, 7) is 4.88. The van der Waals surface area contributed by atoms with Gasteiger partial charge in [0.05, 0.1) is 25.4 Å². The van der Waals surface area contributed by atoms with E-state index in [0.29, 0.717) is 19.4 Å². The maximum absolute atomic E-state index is 12.4. The predicted octanol–water partition coefficient (Wildman–Crippen LogP) is 21.3. The fraction of sp³-hybridized carbons (Fsp3) is 0.855. The molecule has 0 aromatic rings. The number of aliphatic hydroxyl groups excluding tert-OH is 2. The maximum Gasteiger partial charge on any atom is 0.305 e. The lowest BCUT2D eigenvalue weighted by molar-refractivity contribution is -0.143. The zero-order valence-corrected chi connectivity index (χ0v) is 50.3. The summed E-state index contributed by atoms with van der Waals surface area (Å²) in [5.74, 6) is -0.0629. The molecule has 75 heavy (non-hydrogen) atoms. The molecule has 2 unspecified atom stereocenters. The van der Waals surface area contributed by atoms with Gasteiger partial charge in [-0.15, -0.1) is 0 Å². The molecule has 0 aliphatic carbocycles. The van der Waals surface area contributed by atoms with Crippen molar-refractivity contribution in [3.8, 4) is 0 Å². The Hall–Kier alpha value is -2.18. The third kappa shape index (κ3) is 60.9. The number of esters is 1. The minimum atomic E-state index is -0.842. The first kappa shape index (κ1) is 72.8. The molecule has 3 N–H and O–H groups in total. The van der Waals surface area contributed by atoms with Crippen LogP contribution in [0.4, 0.5) is 0 Å². The molecule has 440 valence electrons. The predicted molar refractivity (Wildman–Crippen MR) is 329 cm³/mol. The van der Waals surface area contributed by atoms with Crippen LogP contribution in [0.25, 0.3) is 0 Å². The first-order chi connectivity index (χ1) is 37.0. The molecule has 2 atom stereocenters. The van der Waals surface area contributed by atoms with Crippen LogP contribution in [0.5, 0.6) is 0 Å². The summed E-state index contributed by atoms with van der Waals surface area (Å²) >= 11 is 0. The summed E-state index contributed by atoms with van der Waals surface area (Å²) in [5, 5.41) is 23.0. The molecule has 0 aromatic carbocycles. The first-order valence-corrected chi connectivity index (χ1v) is 33.4. The highest BCUT2D eigenvalue weighted by molar-refractivity contribution is 5.76. The van der Waals surface area contributed by atoms with E-state index < -0.39 is 12.1 Å². The number of nitrogens with one attached hydrogen (secondary N) is 1. The quantitative estimate of drug-likeness (QED) is 0.0320. The second kappa shape index (κ2) is 64.3. The van der Waals surface area contributed by atoms with Crippen molar-refractivity contribution in [2.24, 2.45) is 0 Å². The standard InChI is InChI=1S/C69H129NO5/c1-3-5-7-9-11-13-15-16-17-36-39-43-47-51-55-59-63-69(74)75-64-60-56-52-48-44-40-37-34-32-30-28-26-24-22-20-18-19-21-23-25-27-29-31-33-35-38-42-46-50-54-58-62-68(73)70-66(65-71)67(72)61-57-53-49-45-41-14-12-10-8-6-4-2/h13,15,17,20,22,36,57,61,66-67,71-72H,3-12,14,16,18-19,21,23-35,37-56,58-60,62-65H2,1-2H3,(H,70,73)/b15-13-,22-20-,36-17-,61-57+. The van der Waals surface area contributed by atoms with Crippen molar-refractivity contribution in [3.05, 3.63) is 48.6 Å². The van der Waals surface area contributed by atoms with Gasteiger partial charge in [0.2, 0.25) is 5.91 Å². The van der Waals surface area contributed by atoms with Gasteiger partial charge in [-0.3, -0.25) is 9.59 Å². The average Bonchev–Trinajstić information content (AvgIpc) is 3.41. The summed E-state index contributed by atoms with van der Waals surface area (Å²) in [6, 6.07) is -0.625. The Kier molecular flexibility index (Phi) is 62.5. The lowest BCUT2D eigenvalue weighted by atomic mass is 10.0. The van der Waals surface area contributed by atoms with E-state index in [-0.39, 0.29) is 18.5 Å². The molecule has 0 saturated heterocycles. The highest BCUT2D eigenvalue weighted by Crippen LogP contribution is 2.17. The minimum absolute atomic E-state index is 0.00370. The number of amides is 1. The van der Waals surface area contributed by atoms with Gasteiger partial charge in [0.15, 0.2) is 0 Å². The van der Waals surface area contributed by atoms with Crippen LogP contribution in [-0.4, -0.2) is 47.4 Å². The van der Waals surface area contributed by atoms with Crippen LogP contribution in [0.1, 0.15) is 354 Å². The van der Waals surface area contributed by atoms with E-state index in [0.717, 1.165) is 51.4 Å². The SMILES string of the molecule is CCCCCC/C=C\C/C=C\CCCCCCCC(=O)OCCCCCCCCCCCCCC/C=C\CCCCCCCCCCCCCCCCCC(=O)NC(CO)C(O)/C=C/CCCCCCCCCCC. The molecule has 1 amide bonds. The Morgan fingerprint density at radius 2 is 0.667 bits per heavy atom. The van der Waals surface area contributed by atoms with Crippen molar-refractivity contribution in [3.63, 3.8) is 0 Å². The van der Waals surface area contributed by atoms with E-state index in [1.165, 1.54) is 276 Å². The number of allylic oxidation sites excluding steroid dienone is 7. The molecule has 0 aliphatic rings. The number of hydrogen-bond donors (Lipinski definition) is 3. The number of rotatable bonds is 62. The van der Waals surface area contributed by atoms with Crippen molar-refractivity contribution in [1.82, 2.24) is 5.32 Å². The summed E-state index contributed by atoms with van der Waals surface area (Å²) in [5.41, 5.74) is 0. The molecule has 0 aromatic heterocycles. The van der Waals surface area contributed by atoms with Gasteiger partial charge < -0.3 is 20.3 Å². The van der Waals surface area contributed by atoms with Crippen LogP contribution < -0.4 is 5.32 Å². The number of ether oxygens (including phenoxy) is 1. The lowest BCUT2D eigenvalue weighted by Crippen LogP contribution is -2.45. The molecule has 6 heteroatoms.